The summed E-state index contributed by atoms with van der Waals surface area (Å²) >= 11 is 0. The summed E-state index contributed by atoms with van der Waals surface area (Å²) in [4.78, 5) is 20.4. The number of benzene rings is 1. The van der Waals surface area contributed by atoms with Gasteiger partial charge in [0.2, 0.25) is 0 Å². The number of nitrogens with zero attached hydrogens (tertiary/aromatic N) is 4. The fourth-order valence-corrected chi connectivity index (χ4v) is 2.86. The van der Waals surface area contributed by atoms with Crippen LogP contribution in [0.2, 0.25) is 0 Å². The molecule has 0 aliphatic carbocycles. The van der Waals surface area contributed by atoms with Crippen LogP contribution < -0.4 is 0 Å². The van der Waals surface area contributed by atoms with Gasteiger partial charge in [-0.2, -0.15) is 0 Å². The van der Waals surface area contributed by atoms with Crippen LogP contribution in [0.15, 0.2) is 54.9 Å². The van der Waals surface area contributed by atoms with Crippen LogP contribution >= 0.6 is 0 Å². The summed E-state index contributed by atoms with van der Waals surface area (Å²) in [6, 6.07) is 11.0. The van der Waals surface area contributed by atoms with E-state index in [1.807, 2.05) is 6.92 Å². The van der Waals surface area contributed by atoms with E-state index in [9.17, 15) is 14.3 Å². The highest BCUT2D eigenvalue weighted by Gasteiger charge is 2.21. The highest BCUT2D eigenvalue weighted by atomic mass is 19.1. The molecule has 0 aliphatic rings. The minimum absolute atomic E-state index is 0.0458. The molecule has 0 unspecified atom stereocenters. The Bertz CT molecular complexity index is 1120. The van der Waals surface area contributed by atoms with E-state index in [4.69, 9.17) is 0 Å². The first-order valence-corrected chi connectivity index (χ1v) is 7.84. The predicted molar refractivity (Wildman–Crippen MR) is 93.3 cm³/mol. The quantitative estimate of drug-likeness (QED) is 0.612. The number of rotatable bonds is 3. The SMILES string of the molecule is Cc1cc(-c2cccnc2)c(C(=O)O)c2nc(-c3ccc(F)cc3)nn12. The number of hydrogen-bond acceptors (Lipinski definition) is 4. The molecule has 4 aromatic rings. The first-order chi connectivity index (χ1) is 12.5. The second-order valence-corrected chi connectivity index (χ2v) is 5.80. The maximum absolute atomic E-state index is 13.2. The van der Waals surface area contributed by atoms with Gasteiger partial charge < -0.3 is 5.11 Å². The van der Waals surface area contributed by atoms with Crippen molar-refractivity contribution in [3.05, 3.63) is 71.9 Å². The van der Waals surface area contributed by atoms with E-state index in [0.29, 0.717) is 22.5 Å². The van der Waals surface area contributed by atoms with E-state index < -0.39 is 5.97 Å². The van der Waals surface area contributed by atoms with Crippen LogP contribution in [0.3, 0.4) is 0 Å². The molecule has 3 heterocycles. The van der Waals surface area contributed by atoms with Crippen LogP contribution in [0.5, 0.6) is 0 Å². The van der Waals surface area contributed by atoms with Gasteiger partial charge in [-0.1, -0.05) is 6.07 Å². The van der Waals surface area contributed by atoms with Crippen LogP contribution in [0.4, 0.5) is 4.39 Å². The fraction of sp³-hybridized carbons (Fsp3) is 0.0526. The maximum atomic E-state index is 13.2. The number of carbonyl (C=O) groups is 1. The van der Waals surface area contributed by atoms with Crippen molar-refractivity contribution in [1.82, 2.24) is 19.6 Å². The number of pyridine rings is 2. The van der Waals surface area contributed by atoms with Gasteiger partial charge in [0, 0.05) is 34.8 Å². The summed E-state index contributed by atoms with van der Waals surface area (Å²) in [6.07, 6.45) is 3.23. The zero-order chi connectivity index (χ0) is 18.3. The molecule has 0 aliphatic heterocycles. The van der Waals surface area contributed by atoms with Crippen molar-refractivity contribution in [1.29, 1.82) is 0 Å². The average molecular weight is 348 g/mol. The van der Waals surface area contributed by atoms with Crippen LogP contribution in [-0.4, -0.2) is 30.7 Å². The lowest BCUT2D eigenvalue weighted by molar-refractivity contribution is 0.0699. The highest BCUT2D eigenvalue weighted by Crippen LogP contribution is 2.29. The van der Waals surface area contributed by atoms with Crippen molar-refractivity contribution in [2.24, 2.45) is 0 Å². The third-order valence-corrected chi connectivity index (χ3v) is 4.08. The van der Waals surface area contributed by atoms with Gasteiger partial charge in [-0.3, -0.25) is 4.98 Å². The molecule has 0 atom stereocenters. The monoisotopic (exact) mass is 348 g/mol. The standard InChI is InChI=1S/C19H13FN4O2/c1-11-9-15(13-3-2-8-21-10-13)16(19(25)26)18-22-17(23-24(11)18)12-4-6-14(20)7-5-12/h2-10H,1H3,(H,25,26). The van der Waals surface area contributed by atoms with Gasteiger partial charge in [0.25, 0.3) is 0 Å². The number of aromatic carboxylic acids is 1. The van der Waals surface area contributed by atoms with Gasteiger partial charge in [-0.25, -0.2) is 18.7 Å². The molecular formula is C19H13FN4O2. The summed E-state index contributed by atoms with van der Waals surface area (Å²) in [5.74, 6) is -1.13. The molecule has 4 rings (SSSR count). The van der Waals surface area contributed by atoms with Crippen molar-refractivity contribution in [2.45, 2.75) is 6.92 Å². The Balaban J connectivity index is 2.00. The third-order valence-electron chi connectivity index (χ3n) is 4.08. The Labute approximate surface area is 147 Å². The molecule has 0 fully saturated rings. The van der Waals surface area contributed by atoms with Gasteiger partial charge in [0.05, 0.1) is 0 Å². The van der Waals surface area contributed by atoms with E-state index in [2.05, 4.69) is 15.1 Å². The molecule has 26 heavy (non-hydrogen) atoms. The molecular weight excluding hydrogens is 335 g/mol. The Hall–Kier alpha value is -3.61. The maximum Gasteiger partial charge on any atom is 0.340 e. The van der Waals surface area contributed by atoms with Gasteiger partial charge in [-0.05, 0) is 43.3 Å². The molecule has 0 amide bonds. The molecule has 0 radical (unpaired) electrons. The van der Waals surface area contributed by atoms with Crippen LogP contribution in [0.1, 0.15) is 16.1 Å². The number of carboxylic acid groups (broad SMARTS) is 1. The van der Waals surface area contributed by atoms with Gasteiger partial charge >= 0.3 is 5.97 Å². The van der Waals surface area contributed by atoms with Crippen molar-refractivity contribution in [3.8, 4) is 22.5 Å². The number of fused-ring (bicyclic) bond motifs is 1. The summed E-state index contributed by atoms with van der Waals surface area (Å²) < 4.78 is 14.6. The molecule has 128 valence electrons. The summed E-state index contributed by atoms with van der Waals surface area (Å²) in [7, 11) is 0. The summed E-state index contributed by atoms with van der Waals surface area (Å²) in [5, 5.41) is 14.2. The summed E-state index contributed by atoms with van der Waals surface area (Å²) in [5.41, 5.74) is 2.81. The highest BCUT2D eigenvalue weighted by molar-refractivity contribution is 6.02. The second kappa shape index (κ2) is 6.03. The average Bonchev–Trinajstić information content (AvgIpc) is 3.08. The largest absolute Gasteiger partial charge is 0.478 e. The molecule has 0 saturated heterocycles. The second-order valence-electron chi connectivity index (χ2n) is 5.80. The smallest absolute Gasteiger partial charge is 0.340 e. The first kappa shape index (κ1) is 15.9. The van der Waals surface area contributed by atoms with Crippen molar-refractivity contribution in [2.75, 3.05) is 0 Å². The predicted octanol–water partition coefficient (Wildman–Crippen LogP) is 3.60. The summed E-state index contributed by atoms with van der Waals surface area (Å²) in [6.45, 7) is 1.82. The van der Waals surface area contributed by atoms with Crippen LogP contribution in [0, 0.1) is 12.7 Å². The van der Waals surface area contributed by atoms with Gasteiger partial charge in [-0.15, -0.1) is 5.10 Å². The van der Waals surface area contributed by atoms with E-state index in [-0.39, 0.29) is 17.0 Å². The number of halogens is 1. The first-order valence-electron chi connectivity index (χ1n) is 7.84. The zero-order valence-electron chi connectivity index (χ0n) is 13.7. The lowest BCUT2D eigenvalue weighted by Crippen LogP contribution is -2.06. The number of carboxylic acids is 1. The normalized spacial score (nSPS) is 11.0. The van der Waals surface area contributed by atoms with E-state index in [0.717, 1.165) is 5.69 Å². The molecule has 1 aromatic carbocycles. The Morgan fingerprint density at radius 3 is 2.58 bits per heavy atom. The lowest BCUT2D eigenvalue weighted by atomic mass is 10.0. The van der Waals surface area contributed by atoms with E-state index in [1.165, 1.54) is 16.6 Å². The fourth-order valence-electron chi connectivity index (χ4n) is 2.86. The topological polar surface area (TPSA) is 80.4 Å². The zero-order valence-corrected chi connectivity index (χ0v) is 13.7. The lowest BCUT2D eigenvalue weighted by Gasteiger charge is -2.09. The third kappa shape index (κ3) is 2.59. The van der Waals surface area contributed by atoms with Crippen molar-refractivity contribution >= 4 is 11.6 Å². The minimum atomic E-state index is -1.10. The Kier molecular flexibility index (Phi) is 3.69. The van der Waals surface area contributed by atoms with Crippen molar-refractivity contribution < 1.29 is 14.3 Å². The molecule has 0 bridgehead atoms. The Morgan fingerprint density at radius 1 is 1.15 bits per heavy atom. The molecule has 6 nitrogen and oxygen atoms in total. The van der Waals surface area contributed by atoms with E-state index in [1.54, 1.807) is 42.7 Å². The van der Waals surface area contributed by atoms with Crippen molar-refractivity contribution in [3.63, 3.8) is 0 Å². The molecule has 1 N–H and O–H groups in total. The molecule has 3 aromatic heterocycles. The molecule has 0 saturated carbocycles. The Morgan fingerprint density at radius 2 is 1.92 bits per heavy atom. The van der Waals surface area contributed by atoms with Crippen LogP contribution in [0.25, 0.3) is 28.2 Å². The molecule has 0 spiro atoms. The number of aromatic nitrogens is 4. The minimum Gasteiger partial charge on any atom is -0.478 e. The van der Waals surface area contributed by atoms with Gasteiger partial charge in [0.15, 0.2) is 11.5 Å². The number of hydrogen-bond donors (Lipinski definition) is 1. The number of aryl methyl sites for hydroxylation is 1. The van der Waals surface area contributed by atoms with E-state index >= 15 is 0 Å². The molecule has 7 heteroatoms. The van der Waals surface area contributed by atoms with Gasteiger partial charge in [0.1, 0.15) is 11.4 Å². The van der Waals surface area contributed by atoms with Crippen LogP contribution in [-0.2, 0) is 0 Å².